The molecule has 0 spiro atoms. The Morgan fingerprint density at radius 2 is 1.91 bits per heavy atom. The van der Waals surface area contributed by atoms with Crippen LogP contribution >= 0.6 is 0 Å². The normalized spacial score (nSPS) is 14.6. The first-order chi connectivity index (χ1) is 10.8. The molecule has 2 rings (SSSR count). The number of rotatable bonds is 5. The van der Waals surface area contributed by atoms with E-state index in [0.29, 0.717) is 19.1 Å². The van der Waals surface area contributed by atoms with E-state index in [9.17, 15) is 0 Å². The van der Waals surface area contributed by atoms with Crippen LogP contribution in [-0.4, -0.2) is 32.8 Å². The molecule has 0 radical (unpaired) electrons. The predicted molar refractivity (Wildman–Crippen MR) is 91.1 cm³/mol. The van der Waals surface area contributed by atoms with Crippen LogP contribution in [-0.2, 0) is 0 Å². The maximum absolute atomic E-state index is 5.71. The van der Waals surface area contributed by atoms with Gasteiger partial charge in [-0.05, 0) is 18.1 Å². The fourth-order valence-electron chi connectivity index (χ4n) is 2.38. The van der Waals surface area contributed by atoms with Crippen molar-refractivity contribution in [3.8, 4) is 11.5 Å². The van der Waals surface area contributed by atoms with E-state index in [2.05, 4.69) is 29.5 Å². The fourth-order valence-corrected chi connectivity index (χ4v) is 2.38. The Bertz CT molecular complexity index is 499. The number of aliphatic imine (C=N–C) groups is 1. The van der Waals surface area contributed by atoms with E-state index in [0.717, 1.165) is 36.1 Å². The number of guanidine groups is 1. The van der Waals surface area contributed by atoms with Gasteiger partial charge in [-0.25, -0.2) is 0 Å². The summed E-state index contributed by atoms with van der Waals surface area (Å²) in [7, 11) is 1.78. The van der Waals surface area contributed by atoms with Gasteiger partial charge >= 0.3 is 0 Å². The Hall–Kier alpha value is -1.91. The number of benzene rings is 1. The second-order valence-corrected chi connectivity index (χ2v) is 5.47. The van der Waals surface area contributed by atoms with Gasteiger partial charge in [-0.3, -0.25) is 4.99 Å². The van der Waals surface area contributed by atoms with Crippen LogP contribution in [0.5, 0.6) is 11.5 Å². The van der Waals surface area contributed by atoms with Gasteiger partial charge in [0.1, 0.15) is 0 Å². The molecule has 1 aliphatic rings. The summed E-state index contributed by atoms with van der Waals surface area (Å²) in [4.78, 5) is 4.28. The zero-order valence-corrected chi connectivity index (χ0v) is 13.8. The highest BCUT2D eigenvalue weighted by Crippen LogP contribution is 2.32. The molecule has 1 aromatic carbocycles. The van der Waals surface area contributed by atoms with Crippen LogP contribution in [0.2, 0.25) is 0 Å². The zero-order valence-electron chi connectivity index (χ0n) is 13.8. The second kappa shape index (κ2) is 8.51. The highest BCUT2D eigenvalue weighted by atomic mass is 16.5. The van der Waals surface area contributed by atoms with Crippen molar-refractivity contribution in [2.24, 2.45) is 10.9 Å². The Labute approximate surface area is 133 Å². The molecule has 0 aromatic heterocycles. The van der Waals surface area contributed by atoms with E-state index in [1.807, 2.05) is 18.2 Å². The summed E-state index contributed by atoms with van der Waals surface area (Å²) >= 11 is 0. The van der Waals surface area contributed by atoms with E-state index in [4.69, 9.17) is 9.47 Å². The number of nitrogens with zero attached hydrogens (tertiary/aromatic N) is 1. The number of fused-ring (bicyclic) bond motifs is 1. The highest BCUT2D eigenvalue weighted by molar-refractivity contribution is 5.93. The molecule has 1 aliphatic heterocycles. The van der Waals surface area contributed by atoms with Crippen molar-refractivity contribution in [1.29, 1.82) is 0 Å². The van der Waals surface area contributed by atoms with Crippen molar-refractivity contribution in [1.82, 2.24) is 5.32 Å². The lowest BCUT2D eigenvalue weighted by molar-refractivity contribution is 0.297. The van der Waals surface area contributed by atoms with Gasteiger partial charge in [-0.15, -0.1) is 0 Å². The Balaban J connectivity index is 1.98. The Kier molecular flexibility index (Phi) is 6.37. The fraction of sp³-hybridized carbons (Fsp3) is 0.588. The summed E-state index contributed by atoms with van der Waals surface area (Å²) in [5, 5.41) is 6.69. The molecule has 0 amide bonds. The number of hydrogen-bond donors (Lipinski definition) is 2. The molecule has 0 bridgehead atoms. The van der Waals surface area contributed by atoms with E-state index in [1.54, 1.807) is 7.05 Å². The third-order valence-corrected chi connectivity index (χ3v) is 3.95. The monoisotopic (exact) mass is 305 g/mol. The first kappa shape index (κ1) is 16.5. The Morgan fingerprint density at radius 1 is 1.18 bits per heavy atom. The molecular formula is C17H27N3O2. The van der Waals surface area contributed by atoms with Crippen LogP contribution in [0.25, 0.3) is 0 Å². The van der Waals surface area contributed by atoms with Crippen LogP contribution in [0.4, 0.5) is 5.69 Å². The van der Waals surface area contributed by atoms with E-state index in [1.165, 1.54) is 12.8 Å². The summed E-state index contributed by atoms with van der Waals surface area (Å²) in [6, 6.07) is 5.89. The van der Waals surface area contributed by atoms with Gasteiger partial charge in [0.2, 0.25) is 0 Å². The van der Waals surface area contributed by atoms with Gasteiger partial charge in [0.15, 0.2) is 17.5 Å². The van der Waals surface area contributed by atoms with Crippen molar-refractivity contribution in [2.75, 3.05) is 32.1 Å². The van der Waals surface area contributed by atoms with Gasteiger partial charge in [0, 0.05) is 31.8 Å². The molecule has 0 atom stereocenters. The molecule has 5 heteroatoms. The summed E-state index contributed by atoms with van der Waals surface area (Å²) in [6.45, 7) is 6.76. The number of nitrogens with one attached hydrogen (secondary N) is 2. The molecule has 1 aromatic rings. The van der Waals surface area contributed by atoms with Crippen LogP contribution in [0.3, 0.4) is 0 Å². The number of ether oxygens (including phenoxy) is 2. The molecule has 0 aliphatic carbocycles. The smallest absolute Gasteiger partial charge is 0.195 e. The molecule has 122 valence electrons. The molecule has 0 unspecified atom stereocenters. The molecule has 22 heavy (non-hydrogen) atoms. The first-order valence-corrected chi connectivity index (χ1v) is 8.14. The SMILES string of the molecule is CCC(CC)CNC(=NC)Nc1ccc2c(c1)OCCCO2. The van der Waals surface area contributed by atoms with Crippen LogP contribution in [0.15, 0.2) is 23.2 Å². The van der Waals surface area contributed by atoms with Crippen LogP contribution < -0.4 is 20.1 Å². The minimum absolute atomic E-state index is 0.669. The lowest BCUT2D eigenvalue weighted by Crippen LogP contribution is -2.34. The molecule has 1 heterocycles. The third kappa shape index (κ3) is 4.55. The van der Waals surface area contributed by atoms with Gasteiger partial charge in [0.25, 0.3) is 0 Å². The molecular weight excluding hydrogens is 278 g/mol. The minimum atomic E-state index is 0.669. The number of hydrogen-bond acceptors (Lipinski definition) is 3. The average Bonchev–Trinajstić information content (AvgIpc) is 2.79. The van der Waals surface area contributed by atoms with Gasteiger partial charge in [-0.2, -0.15) is 0 Å². The summed E-state index contributed by atoms with van der Waals surface area (Å²) in [5.41, 5.74) is 0.946. The zero-order chi connectivity index (χ0) is 15.8. The van der Waals surface area contributed by atoms with Crippen LogP contribution in [0, 0.1) is 5.92 Å². The van der Waals surface area contributed by atoms with Crippen molar-refractivity contribution in [3.63, 3.8) is 0 Å². The second-order valence-electron chi connectivity index (χ2n) is 5.47. The maximum atomic E-state index is 5.71. The van der Waals surface area contributed by atoms with Crippen molar-refractivity contribution >= 4 is 11.6 Å². The largest absolute Gasteiger partial charge is 0.490 e. The molecule has 0 saturated carbocycles. The van der Waals surface area contributed by atoms with Gasteiger partial charge in [0.05, 0.1) is 13.2 Å². The third-order valence-electron chi connectivity index (χ3n) is 3.95. The molecule has 5 nitrogen and oxygen atoms in total. The quantitative estimate of drug-likeness (QED) is 0.647. The first-order valence-electron chi connectivity index (χ1n) is 8.14. The van der Waals surface area contributed by atoms with Crippen molar-refractivity contribution in [2.45, 2.75) is 33.1 Å². The summed E-state index contributed by atoms with van der Waals surface area (Å²) in [5.74, 6) is 3.05. The van der Waals surface area contributed by atoms with Crippen molar-refractivity contribution < 1.29 is 9.47 Å². The Morgan fingerprint density at radius 3 is 2.59 bits per heavy atom. The number of anilines is 1. The lowest BCUT2D eigenvalue weighted by atomic mass is 10.0. The summed E-state index contributed by atoms with van der Waals surface area (Å²) < 4.78 is 11.4. The minimum Gasteiger partial charge on any atom is -0.490 e. The van der Waals surface area contributed by atoms with Gasteiger partial charge < -0.3 is 20.1 Å². The maximum Gasteiger partial charge on any atom is 0.195 e. The van der Waals surface area contributed by atoms with Crippen LogP contribution in [0.1, 0.15) is 33.1 Å². The molecule has 0 fully saturated rings. The lowest BCUT2D eigenvalue weighted by Gasteiger charge is -2.17. The highest BCUT2D eigenvalue weighted by Gasteiger charge is 2.11. The average molecular weight is 305 g/mol. The molecule has 0 saturated heterocycles. The van der Waals surface area contributed by atoms with E-state index >= 15 is 0 Å². The predicted octanol–water partition coefficient (Wildman–Crippen LogP) is 3.27. The molecule has 2 N–H and O–H groups in total. The van der Waals surface area contributed by atoms with E-state index in [-0.39, 0.29) is 0 Å². The van der Waals surface area contributed by atoms with E-state index < -0.39 is 0 Å². The standard InChI is InChI=1S/C17H27N3O2/c1-4-13(5-2)12-19-17(18-3)20-14-7-8-15-16(11-14)22-10-6-9-21-15/h7-8,11,13H,4-6,9-10,12H2,1-3H3,(H2,18,19,20). The summed E-state index contributed by atoms with van der Waals surface area (Å²) in [6.07, 6.45) is 3.26. The van der Waals surface area contributed by atoms with Gasteiger partial charge in [-0.1, -0.05) is 26.7 Å². The topological polar surface area (TPSA) is 54.9 Å². The van der Waals surface area contributed by atoms with Crippen molar-refractivity contribution in [3.05, 3.63) is 18.2 Å².